The zero-order valence-electron chi connectivity index (χ0n) is 48.2. The standard InChI is InChI=1S/C57H84O26/c1-21-18-72-57(50(69)43(21)80-52-41(67)40(66)39(65)23(3)73-52)22(2)38-36(83-57)17-33-31-12-11-29-15-30(62)16-37(56(29,10)32(31)13-14-55(33,38)9)79-53-48(46(35(64)20-71-53)81-51-42(68)45(76-26(6)59)34(63)19-70-51)82-54-49(78-28(8)61)47(77-27(7)60)44(24(4)74-54)75-25(5)58/h11,22-24,30-54,62-69H,1,12-20H2,2-10H3/t22-,23+,24-,30+,31+,32-,33-,34+,35-,36-,37+,38-,39-,40-,41+,42+,43-,44-,45-,46-,47+,48+,49+,50-,51-,52-,53-,54-,55-,56-,57-/m0/s1. The smallest absolute Gasteiger partial charge is 0.303 e. The van der Waals surface area contributed by atoms with Crippen LogP contribution in [-0.2, 0) is 85.5 Å². The monoisotopic (exact) mass is 1180 g/mol. The Bertz CT molecular complexity index is 2440. The molecule has 26 nitrogen and oxygen atoms in total. The van der Waals surface area contributed by atoms with Gasteiger partial charge in [-0.2, -0.15) is 0 Å². The minimum atomic E-state index is -1.81. The van der Waals surface area contributed by atoms with Gasteiger partial charge < -0.3 is 107 Å². The number of aliphatic hydroxyl groups is 8. The molecular weight excluding hydrogens is 1100 g/mol. The molecule has 83 heavy (non-hydrogen) atoms. The molecule has 9 fully saturated rings. The lowest BCUT2D eigenvalue weighted by Crippen LogP contribution is -2.66. The fourth-order valence-electron chi connectivity index (χ4n) is 16.2. The molecule has 31 atom stereocenters. The molecular formula is C57H84O26. The maximum absolute atomic E-state index is 12.9. The second kappa shape index (κ2) is 24.0. The zero-order chi connectivity index (χ0) is 60.1. The average molecular weight is 1190 g/mol. The van der Waals surface area contributed by atoms with Gasteiger partial charge >= 0.3 is 23.9 Å². The summed E-state index contributed by atoms with van der Waals surface area (Å²) in [6, 6.07) is 0. The molecule has 0 aromatic rings. The summed E-state index contributed by atoms with van der Waals surface area (Å²) in [4.78, 5) is 50.1. The summed E-state index contributed by atoms with van der Waals surface area (Å²) in [5, 5.41) is 89.8. The van der Waals surface area contributed by atoms with Crippen LogP contribution in [0.1, 0.15) is 101 Å². The van der Waals surface area contributed by atoms with Crippen molar-refractivity contribution in [1.29, 1.82) is 0 Å². The minimum absolute atomic E-state index is 0.0244. The number of aliphatic hydroxyl groups excluding tert-OH is 8. The molecule has 6 saturated heterocycles. The number of fused-ring (bicyclic) bond motifs is 7. The van der Waals surface area contributed by atoms with Gasteiger partial charge in [0.2, 0.25) is 5.79 Å². The SMILES string of the molecule is C=C1CO[C@@]2(O[C@H]3C[C@H]4[C@@H]5CC=C6C[C@@H](O)C[C@@H](O[C@@H]7OC[C@H](O)[C@H](O[C@@H]8OC[C@@H](O)[C@H](OC(C)=O)[C@H]8O)[C@H]7O[C@@H]7O[C@@H](C)[C@H](OC(C)=O)[C@@H](OC(C)=O)[C@H]7OC(C)=O)[C@]6(C)[C@H]5CC[C@]4(C)[C@H]3[C@@H]2C)[C@@H](O)[C@H]1O[C@@H]1O[C@H](C)[C@H](O)[C@H](O)[C@H]1O. The highest BCUT2D eigenvalue weighted by Gasteiger charge is 2.72. The van der Waals surface area contributed by atoms with Crippen molar-refractivity contribution in [3.8, 4) is 0 Å². The second-order valence-electron chi connectivity index (χ2n) is 25.2. The summed E-state index contributed by atoms with van der Waals surface area (Å²) in [6.07, 6.45) is -25.9. The lowest BCUT2D eigenvalue weighted by molar-refractivity contribution is -0.382. The maximum Gasteiger partial charge on any atom is 0.303 e. The van der Waals surface area contributed by atoms with Crippen molar-refractivity contribution in [2.75, 3.05) is 19.8 Å². The Kier molecular flexibility index (Phi) is 18.1. The highest BCUT2D eigenvalue weighted by molar-refractivity contribution is 5.68. The molecule has 0 radical (unpaired) electrons. The first kappa shape index (κ1) is 62.7. The van der Waals surface area contributed by atoms with Crippen LogP contribution in [-0.4, -0.2) is 231 Å². The number of allylic oxidation sites excluding steroid dienone is 1. The zero-order valence-corrected chi connectivity index (χ0v) is 48.2. The molecule has 26 heteroatoms. The van der Waals surface area contributed by atoms with Gasteiger partial charge in [0.15, 0.2) is 49.6 Å². The van der Waals surface area contributed by atoms with Crippen LogP contribution in [0.25, 0.3) is 0 Å². The van der Waals surface area contributed by atoms with Crippen molar-refractivity contribution >= 4 is 23.9 Å². The highest BCUT2D eigenvalue weighted by Crippen LogP contribution is 2.71. The molecule has 6 heterocycles. The third-order valence-corrected chi connectivity index (χ3v) is 20.1. The van der Waals surface area contributed by atoms with Gasteiger partial charge in [0, 0.05) is 45.4 Å². The van der Waals surface area contributed by atoms with E-state index in [-0.39, 0.29) is 54.1 Å². The van der Waals surface area contributed by atoms with Crippen LogP contribution >= 0.6 is 0 Å². The molecule has 468 valence electrons. The predicted molar refractivity (Wildman–Crippen MR) is 276 cm³/mol. The maximum atomic E-state index is 12.9. The summed E-state index contributed by atoms with van der Waals surface area (Å²) < 4.78 is 86.3. The number of esters is 4. The van der Waals surface area contributed by atoms with Crippen molar-refractivity contribution in [3.05, 3.63) is 23.8 Å². The summed E-state index contributed by atoms with van der Waals surface area (Å²) >= 11 is 0. The van der Waals surface area contributed by atoms with Gasteiger partial charge in [0.05, 0.1) is 50.3 Å². The third-order valence-electron chi connectivity index (χ3n) is 20.1. The Morgan fingerprint density at radius 1 is 0.627 bits per heavy atom. The van der Waals surface area contributed by atoms with Crippen molar-refractivity contribution in [3.63, 3.8) is 0 Å². The van der Waals surface area contributed by atoms with E-state index in [1.807, 2.05) is 6.92 Å². The van der Waals surface area contributed by atoms with E-state index >= 15 is 0 Å². The van der Waals surface area contributed by atoms with Crippen LogP contribution in [0.3, 0.4) is 0 Å². The van der Waals surface area contributed by atoms with Crippen LogP contribution < -0.4 is 0 Å². The van der Waals surface area contributed by atoms with Crippen LogP contribution in [0.2, 0.25) is 0 Å². The van der Waals surface area contributed by atoms with Gasteiger partial charge in [-0.3, -0.25) is 19.2 Å². The van der Waals surface area contributed by atoms with Gasteiger partial charge in [0.25, 0.3) is 0 Å². The third kappa shape index (κ3) is 11.2. The number of carbonyl (C=O) groups excluding carboxylic acids is 4. The Hall–Kier alpha value is -3.36. The van der Waals surface area contributed by atoms with Gasteiger partial charge in [-0.05, 0) is 80.6 Å². The highest BCUT2D eigenvalue weighted by atomic mass is 16.8. The van der Waals surface area contributed by atoms with Crippen LogP contribution in [0.4, 0.5) is 0 Å². The van der Waals surface area contributed by atoms with Crippen molar-refractivity contribution in [2.45, 2.75) is 248 Å². The van der Waals surface area contributed by atoms with Gasteiger partial charge in [-0.1, -0.05) is 39.0 Å². The largest absolute Gasteiger partial charge is 0.457 e. The van der Waals surface area contributed by atoms with Gasteiger partial charge in [-0.15, -0.1) is 0 Å². The summed E-state index contributed by atoms with van der Waals surface area (Å²) in [5.74, 6) is -5.13. The van der Waals surface area contributed by atoms with E-state index in [1.54, 1.807) is 6.92 Å². The number of hydrogen-bond acceptors (Lipinski definition) is 26. The molecule has 6 aliphatic heterocycles. The molecule has 10 rings (SSSR count). The summed E-state index contributed by atoms with van der Waals surface area (Å²) in [7, 11) is 0. The normalized spacial score (nSPS) is 51.3. The lowest BCUT2D eigenvalue weighted by Gasteiger charge is -2.60. The van der Waals surface area contributed by atoms with E-state index < -0.39 is 183 Å². The van der Waals surface area contributed by atoms with E-state index in [2.05, 4.69) is 26.5 Å². The molecule has 8 N–H and O–H groups in total. The Balaban J connectivity index is 0.934. The molecule has 0 aromatic carbocycles. The summed E-state index contributed by atoms with van der Waals surface area (Å²) in [6.45, 7) is 17.1. The molecule has 3 saturated carbocycles. The average Bonchev–Trinajstić information content (AvgIpc) is 1.97. The van der Waals surface area contributed by atoms with Crippen molar-refractivity contribution in [1.82, 2.24) is 0 Å². The minimum Gasteiger partial charge on any atom is -0.457 e. The van der Waals surface area contributed by atoms with Gasteiger partial charge in [-0.25, -0.2) is 0 Å². The first-order valence-electron chi connectivity index (χ1n) is 29.1. The number of hydrogen-bond donors (Lipinski definition) is 8. The topological polar surface area (TPSA) is 359 Å². The molecule has 4 aliphatic carbocycles. The quantitative estimate of drug-likeness (QED) is 0.0691. The van der Waals surface area contributed by atoms with Crippen LogP contribution in [0.15, 0.2) is 23.8 Å². The van der Waals surface area contributed by atoms with E-state index in [4.69, 9.17) is 66.3 Å². The van der Waals surface area contributed by atoms with Crippen LogP contribution in [0, 0.1) is 40.4 Å². The van der Waals surface area contributed by atoms with Crippen molar-refractivity contribution < 1.29 is 126 Å². The fourth-order valence-corrected chi connectivity index (χ4v) is 16.2. The number of rotatable bonds is 12. The Morgan fingerprint density at radius 3 is 1.90 bits per heavy atom. The Morgan fingerprint density at radius 2 is 1.23 bits per heavy atom. The number of ether oxygens (including phenoxy) is 14. The van der Waals surface area contributed by atoms with Crippen LogP contribution in [0.5, 0.6) is 0 Å². The Labute approximate surface area is 480 Å². The fraction of sp³-hybridized carbons (Fsp3) is 0.860. The number of carbonyl (C=O) groups is 4. The molecule has 0 aromatic heterocycles. The first-order chi connectivity index (χ1) is 39.1. The summed E-state index contributed by atoms with van der Waals surface area (Å²) in [5.41, 5.74) is 0.269. The lowest BCUT2D eigenvalue weighted by atomic mass is 9.46. The molecule has 1 spiro atoms. The van der Waals surface area contributed by atoms with E-state index in [9.17, 15) is 60.0 Å². The van der Waals surface area contributed by atoms with E-state index in [0.717, 1.165) is 39.7 Å². The van der Waals surface area contributed by atoms with E-state index in [1.165, 1.54) is 6.92 Å². The van der Waals surface area contributed by atoms with Gasteiger partial charge in [0.1, 0.15) is 61.0 Å². The van der Waals surface area contributed by atoms with Crippen molar-refractivity contribution in [2.24, 2.45) is 40.4 Å². The molecule has 0 amide bonds. The predicted octanol–water partition coefficient (Wildman–Crippen LogP) is -0.540. The first-order valence-corrected chi connectivity index (χ1v) is 29.1. The van der Waals surface area contributed by atoms with E-state index in [0.29, 0.717) is 31.3 Å². The molecule has 0 unspecified atom stereocenters. The molecule has 10 aliphatic rings. The molecule has 0 bridgehead atoms. The second-order valence-corrected chi connectivity index (χ2v) is 25.2.